The van der Waals surface area contributed by atoms with Gasteiger partial charge < -0.3 is 0 Å². The second-order valence-electron chi connectivity index (χ2n) is 13.3. The molecule has 0 radical (unpaired) electrons. The molecule has 6 aromatic heterocycles. The van der Waals surface area contributed by atoms with Crippen molar-refractivity contribution in [2.45, 2.75) is 26.2 Å². The molecule has 28 heterocycles. The smallest absolute Gasteiger partial charge is 0.173 e. The van der Waals surface area contributed by atoms with Crippen molar-refractivity contribution in [3.63, 3.8) is 0 Å². The standard InChI is InChI=1S/C44H36N8/c1-2-34-4-3-33(1)29-49-21-13-37(14-22-49)41-9-10-43(47-45-41)39-17-25-51(26-18-39)31-35-5-7-36(8-6-35)32-52-27-19-40(20-28-52)44-12-11-42(46-48-44)38-15-23-50(30-34)24-16-38/h1-28H,29-32H2/q+4. The molecule has 52 heavy (non-hydrogen) atoms. The van der Waals surface area contributed by atoms with Crippen molar-refractivity contribution in [2.75, 3.05) is 0 Å². The average Bonchev–Trinajstić information content (AvgIpc) is 3.21. The van der Waals surface area contributed by atoms with Gasteiger partial charge in [-0.1, -0.05) is 48.5 Å². The number of pyridine rings is 4. The molecule has 8 aromatic rings. The van der Waals surface area contributed by atoms with E-state index in [1.165, 1.54) is 22.3 Å². The SMILES string of the molecule is c1cc2ccc1C[n+]1ccc(cc1)-c1ccc(nn1)-c1cc[n+](cc1)Cc1ccc(cc1)C[n+]1ccc(cc1)-c1ccc(nn1)-c1cc[n+](cc1)C2. The third-order valence-corrected chi connectivity index (χ3v) is 9.58. The first kappa shape index (κ1) is 31.2. The van der Waals surface area contributed by atoms with Crippen molar-refractivity contribution in [3.05, 3.63) is 193 Å². The van der Waals surface area contributed by atoms with Gasteiger partial charge in [0.1, 0.15) is 0 Å². The van der Waals surface area contributed by atoms with Gasteiger partial charge in [-0.15, -0.1) is 20.4 Å². The van der Waals surface area contributed by atoms with Gasteiger partial charge in [-0.25, -0.2) is 18.3 Å². The maximum atomic E-state index is 4.56. The van der Waals surface area contributed by atoms with Crippen molar-refractivity contribution in [3.8, 4) is 45.0 Å². The summed E-state index contributed by atoms with van der Waals surface area (Å²) in [4.78, 5) is 0. The van der Waals surface area contributed by atoms with E-state index in [-0.39, 0.29) is 0 Å². The van der Waals surface area contributed by atoms with Gasteiger partial charge in [0, 0.05) is 93.0 Å². The second kappa shape index (κ2) is 13.8. The molecule has 0 fully saturated rings. The maximum Gasteiger partial charge on any atom is 0.173 e. The molecule has 30 rings (SSSR count). The molecule has 16 bridgehead atoms. The van der Waals surface area contributed by atoms with Crippen molar-refractivity contribution in [1.29, 1.82) is 0 Å². The number of benzene rings is 2. The van der Waals surface area contributed by atoms with E-state index in [1.807, 2.05) is 24.3 Å². The summed E-state index contributed by atoms with van der Waals surface area (Å²) < 4.78 is 8.72. The quantitative estimate of drug-likeness (QED) is 0.197. The van der Waals surface area contributed by atoms with Crippen LogP contribution in [0.25, 0.3) is 45.0 Å². The molecule has 0 N–H and O–H groups in total. The van der Waals surface area contributed by atoms with Crippen LogP contribution in [0.5, 0.6) is 0 Å². The summed E-state index contributed by atoms with van der Waals surface area (Å²) in [6.07, 6.45) is 16.8. The minimum absolute atomic E-state index is 0.788. The minimum atomic E-state index is 0.788. The van der Waals surface area contributed by atoms with E-state index in [2.05, 4.69) is 185 Å². The Bertz CT molecular complexity index is 2070. The molecule has 22 aliphatic heterocycles. The van der Waals surface area contributed by atoms with E-state index in [0.29, 0.717) is 0 Å². The van der Waals surface area contributed by atoms with Crippen LogP contribution in [0.15, 0.2) is 171 Å². The van der Waals surface area contributed by atoms with E-state index in [9.17, 15) is 0 Å². The minimum Gasteiger partial charge on any atom is -0.201 e. The molecule has 8 nitrogen and oxygen atoms in total. The zero-order chi connectivity index (χ0) is 34.7. The van der Waals surface area contributed by atoms with Crippen LogP contribution >= 0.6 is 0 Å². The largest absolute Gasteiger partial charge is 0.201 e. The average molecular weight is 677 g/mol. The van der Waals surface area contributed by atoms with Gasteiger partial charge in [-0.3, -0.25) is 0 Å². The normalized spacial score (nSPS) is 12.3. The number of hydrogen-bond acceptors (Lipinski definition) is 4. The maximum absolute atomic E-state index is 4.56. The van der Waals surface area contributed by atoms with E-state index in [1.54, 1.807) is 0 Å². The zero-order valence-electron chi connectivity index (χ0n) is 28.6. The fraction of sp³-hybridized carbons (Fsp3) is 0.0909. The first-order valence-electron chi connectivity index (χ1n) is 17.5. The number of nitrogens with zero attached hydrogens (tertiary/aromatic N) is 8. The van der Waals surface area contributed by atoms with Crippen molar-refractivity contribution in [2.24, 2.45) is 0 Å². The molecule has 0 atom stereocenters. The van der Waals surface area contributed by atoms with Gasteiger partial charge in [0.2, 0.25) is 0 Å². The number of rotatable bonds is 0. The molecule has 0 aliphatic carbocycles. The van der Waals surface area contributed by atoms with Crippen LogP contribution in [0, 0.1) is 0 Å². The van der Waals surface area contributed by atoms with Crippen LogP contribution < -0.4 is 18.3 Å². The summed E-state index contributed by atoms with van der Waals surface area (Å²) in [6.45, 7) is 3.15. The highest BCUT2D eigenvalue weighted by atomic mass is 15.1. The number of aromatic nitrogens is 8. The third kappa shape index (κ3) is 6.95. The van der Waals surface area contributed by atoms with Gasteiger partial charge in [0.15, 0.2) is 75.8 Å². The molecule has 2 aromatic carbocycles. The van der Waals surface area contributed by atoms with E-state index in [0.717, 1.165) is 71.2 Å². The van der Waals surface area contributed by atoms with Crippen LogP contribution in [0.4, 0.5) is 0 Å². The lowest BCUT2D eigenvalue weighted by Crippen LogP contribution is -2.34. The molecule has 248 valence electrons. The Kier molecular flexibility index (Phi) is 8.30. The number of hydrogen-bond donors (Lipinski definition) is 0. The van der Waals surface area contributed by atoms with E-state index >= 15 is 0 Å². The predicted octanol–water partition coefficient (Wildman–Crippen LogP) is 5.59. The summed E-state index contributed by atoms with van der Waals surface area (Å²) in [7, 11) is 0. The lowest BCUT2D eigenvalue weighted by atomic mass is 10.1. The molecular formula is C44H36N8+4. The Morgan fingerprint density at radius 2 is 0.442 bits per heavy atom. The summed E-state index contributed by atoms with van der Waals surface area (Å²) in [5.41, 5.74) is 12.5. The van der Waals surface area contributed by atoms with E-state index < -0.39 is 0 Å². The van der Waals surface area contributed by atoms with Gasteiger partial charge in [0.25, 0.3) is 0 Å². The predicted molar refractivity (Wildman–Crippen MR) is 196 cm³/mol. The Morgan fingerprint density at radius 1 is 0.250 bits per heavy atom. The first-order chi connectivity index (χ1) is 25.7. The molecule has 0 saturated carbocycles. The van der Waals surface area contributed by atoms with Gasteiger partial charge in [-0.2, -0.15) is 0 Å². The Labute approximate surface area is 302 Å². The summed E-state index contributed by atoms with van der Waals surface area (Å²) in [5.74, 6) is 0. The second-order valence-corrected chi connectivity index (χ2v) is 13.3. The Morgan fingerprint density at radius 3 is 0.615 bits per heavy atom. The highest BCUT2D eigenvalue weighted by molar-refractivity contribution is 5.63. The summed E-state index contributed by atoms with van der Waals surface area (Å²) in [6, 6.07) is 42.6. The highest BCUT2D eigenvalue weighted by Crippen LogP contribution is 2.21. The lowest BCUT2D eigenvalue weighted by molar-refractivity contribution is -0.688. The molecule has 0 amide bonds. The van der Waals surface area contributed by atoms with E-state index in [4.69, 9.17) is 0 Å². The topological polar surface area (TPSA) is 67.1 Å². The molecule has 22 aliphatic rings. The van der Waals surface area contributed by atoms with Crippen molar-refractivity contribution < 1.29 is 18.3 Å². The van der Waals surface area contributed by atoms with Crippen LogP contribution in [-0.4, -0.2) is 20.4 Å². The van der Waals surface area contributed by atoms with Gasteiger partial charge in [0.05, 0.1) is 22.8 Å². The monoisotopic (exact) mass is 676 g/mol. The van der Waals surface area contributed by atoms with Crippen molar-refractivity contribution >= 4 is 0 Å². The van der Waals surface area contributed by atoms with Gasteiger partial charge >= 0.3 is 0 Å². The molecule has 0 saturated heterocycles. The van der Waals surface area contributed by atoms with Crippen LogP contribution in [0.1, 0.15) is 22.3 Å². The molecule has 8 heteroatoms. The Balaban J connectivity index is 0.985. The third-order valence-electron chi connectivity index (χ3n) is 9.58. The van der Waals surface area contributed by atoms with Crippen LogP contribution in [-0.2, 0) is 26.2 Å². The zero-order valence-corrected chi connectivity index (χ0v) is 28.6. The molecular weight excluding hydrogens is 641 g/mol. The van der Waals surface area contributed by atoms with Crippen LogP contribution in [0.2, 0.25) is 0 Å². The fourth-order valence-electron chi connectivity index (χ4n) is 6.56. The van der Waals surface area contributed by atoms with Crippen LogP contribution in [0.3, 0.4) is 0 Å². The lowest BCUT2D eigenvalue weighted by Gasteiger charge is -2.05. The summed E-state index contributed by atoms with van der Waals surface area (Å²) in [5, 5.41) is 18.2. The molecule has 0 unspecified atom stereocenters. The fourth-order valence-corrected chi connectivity index (χ4v) is 6.56. The summed E-state index contributed by atoms with van der Waals surface area (Å²) >= 11 is 0. The Hall–Kier alpha value is -6.80. The highest BCUT2D eigenvalue weighted by Gasteiger charge is 2.12. The van der Waals surface area contributed by atoms with Crippen molar-refractivity contribution in [1.82, 2.24) is 20.4 Å². The first-order valence-corrected chi connectivity index (χ1v) is 17.5. The van der Waals surface area contributed by atoms with Gasteiger partial charge in [-0.05, 0) is 24.3 Å². The molecule has 0 spiro atoms.